The Balaban J connectivity index is 1.51. The number of fused-ring (bicyclic) bond motifs is 1. The van der Waals surface area contributed by atoms with Crippen molar-refractivity contribution in [2.24, 2.45) is 11.8 Å². The van der Waals surface area contributed by atoms with Crippen LogP contribution in [0.15, 0.2) is 55.6 Å². The van der Waals surface area contributed by atoms with Gasteiger partial charge >= 0.3 is 5.97 Å². The lowest BCUT2D eigenvalue weighted by Crippen LogP contribution is -2.59. The van der Waals surface area contributed by atoms with Gasteiger partial charge in [-0.05, 0) is 50.5 Å². The number of hydrogen-bond donors (Lipinski definition) is 1. The van der Waals surface area contributed by atoms with Crippen molar-refractivity contribution < 1.29 is 29.0 Å². The lowest BCUT2D eigenvalue weighted by atomic mass is 9.70. The molecular weight excluding hydrogens is 520 g/mol. The van der Waals surface area contributed by atoms with E-state index in [2.05, 4.69) is 13.2 Å². The van der Waals surface area contributed by atoms with E-state index in [4.69, 9.17) is 9.47 Å². The third kappa shape index (κ3) is 5.37. The van der Waals surface area contributed by atoms with E-state index in [9.17, 15) is 19.5 Å². The van der Waals surface area contributed by atoms with Gasteiger partial charge in [0.2, 0.25) is 11.8 Å². The summed E-state index contributed by atoms with van der Waals surface area (Å²) in [6, 6.07) is 7.67. The summed E-state index contributed by atoms with van der Waals surface area (Å²) in [4.78, 5) is 46.1. The van der Waals surface area contributed by atoms with Crippen LogP contribution < -0.4 is 0 Å². The molecule has 1 aromatic rings. The topological polar surface area (TPSA) is 96.4 Å². The van der Waals surface area contributed by atoms with E-state index in [1.165, 1.54) is 0 Å². The molecule has 3 saturated heterocycles. The maximum absolute atomic E-state index is 14.7. The number of amides is 2. The van der Waals surface area contributed by atoms with Crippen LogP contribution in [0.25, 0.3) is 0 Å². The molecule has 1 saturated carbocycles. The van der Waals surface area contributed by atoms with Crippen molar-refractivity contribution in [3.63, 3.8) is 0 Å². The minimum atomic E-state index is -1.14. The van der Waals surface area contributed by atoms with Gasteiger partial charge in [0.25, 0.3) is 0 Å². The molecule has 1 aliphatic carbocycles. The molecule has 2 unspecified atom stereocenters. The highest BCUT2D eigenvalue weighted by atomic mass is 16.6. The van der Waals surface area contributed by atoms with Crippen molar-refractivity contribution >= 4 is 17.8 Å². The zero-order valence-corrected chi connectivity index (χ0v) is 24.0. The maximum Gasteiger partial charge on any atom is 0.312 e. The van der Waals surface area contributed by atoms with Crippen molar-refractivity contribution in [3.05, 3.63) is 61.2 Å². The van der Waals surface area contributed by atoms with Gasteiger partial charge in [-0.15, -0.1) is 13.2 Å². The molecule has 3 aliphatic heterocycles. The number of hydrogen-bond acceptors (Lipinski definition) is 6. The average Bonchev–Trinajstić information content (AvgIpc) is 3.64. The molecule has 41 heavy (non-hydrogen) atoms. The Morgan fingerprint density at radius 3 is 2.56 bits per heavy atom. The Hall–Kier alpha value is -2.97. The van der Waals surface area contributed by atoms with Gasteiger partial charge < -0.3 is 24.4 Å². The van der Waals surface area contributed by atoms with Crippen LogP contribution in [0.4, 0.5) is 0 Å². The first-order chi connectivity index (χ1) is 20.0. The van der Waals surface area contributed by atoms with E-state index < -0.39 is 41.6 Å². The molecule has 0 aromatic heterocycles. The quantitative estimate of drug-likeness (QED) is 0.218. The standard InChI is InChI=1S/C33H44N2O6/c1-3-5-6-13-21-40-32(39)27-26-18-19-33(41-26)28(27)30(37)35(25(22-36)23-14-9-7-10-15-23)29(33)31(38)34(20-4-2)24-16-11-8-12-17-24/h3-4,7,9-10,14-15,24-29,36H,1-2,5-6,8,11-13,16-22H2/t25-,26-,27+,28+,29?,33?/m1/s1. The zero-order valence-electron chi connectivity index (χ0n) is 24.0. The van der Waals surface area contributed by atoms with Crippen LogP contribution in [0, 0.1) is 11.8 Å². The summed E-state index contributed by atoms with van der Waals surface area (Å²) < 4.78 is 12.3. The molecule has 8 heteroatoms. The first-order valence-corrected chi connectivity index (χ1v) is 15.3. The molecule has 8 nitrogen and oxygen atoms in total. The fraction of sp³-hybridized carbons (Fsp3) is 0.606. The highest BCUT2D eigenvalue weighted by Gasteiger charge is 2.75. The van der Waals surface area contributed by atoms with Gasteiger partial charge in [-0.3, -0.25) is 14.4 Å². The summed E-state index contributed by atoms with van der Waals surface area (Å²) in [6.45, 7) is 7.94. The minimum Gasteiger partial charge on any atom is -0.465 e. The van der Waals surface area contributed by atoms with Crippen LogP contribution in [0.1, 0.15) is 75.8 Å². The first-order valence-electron chi connectivity index (χ1n) is 15.3. The van der Waals surface area contributed by atoms with Gasteiger partial charge in [0, 0.05) is 12.6 Å². The van der Waals surface area contributed by atoms with Gasteiger partial charge in [0.1, 0.15) is 11.6 Å². The predicted molar refractivity (Wildman–Crippen MR) is 155 cm³/mol. The molecule has 2 bridgehead atoms. The number of nitrogens with zero attached hydrogens (tertiary/aromatic N) is 2. The monoisotopic (exact) mass is 564 g/mol. The Labute approximate surface area is 243 Å². The number of carbonyl (C=O) groups excluding carboxylic acids is 3. The summed E-state index contributed by atoms with van der Waals surface area (Å²) in [5.74, 6) is -2.53. The third-order valence-electron chi connectivity index (χ3n) is 9.61. The molecule has 6 atom stereocenters. The van der Waals surface area contributed by atoms with E-state index in [0.717, 1.165) is 50.5 Å². The summed E-state index contributed by atoms with van der Waals surface area (Å²) in [5.41, 5.74) is -0.400. The van der Waals surface area contributed by atoms with Crippen LogP contribution in [0.5, 0.6) is 0 Å². The second kappa shape index (κ2) is 12.9. The number of esters is 1. The highest BCUT2D eigenvalue weighted by Crippen LogP contribution is 2.60. The van der Waals surface area contributed by atoms with Crippen LogP contribution in [-0.4, -0.2) is 76.2 Å². The fourth-order valence-corrected chi connectivity index (χ4v) is 7.77. The van der Waals surface area contributed by atoms with E-state index in [1.54, 1.807) is 11.0 Å². The number of likely N-dealkylation sites (tertiary alicyclic amines) is 1. The average molecular weight is 565 g/mol. The molecule has 1 spiro atoms. The van der Waals surface area contributed by atoms with Crippen molar-refractivity contribution in [2.75, 3.05) is 19.8 Å². The van der Waals surface area contributed by atoms with E-state index in [1.807, 2.05) is 41.3 Å². The number of aliphatic hydroxyl groups is 1. The van der Waals surface area contributed by atoms with Crippen molar-refractivity contribution in [1.29, 1.82) is 0 Å². The van der Waals surface area contributed by atoms with Gasteiger partial charge in [0.05, 0.1) is 37.2 Å². The van der Waals surface area contributed by atoms with E-state index >= 15 is 0 Å². The molecule has 1 aromatic carbocycles. The first kappa shape index (κ1) is 29.5. The minimum absolute atomic E-state index is 0.0564. The Morgan fingerprint density at radius 1 is 1.12 bits per heavy atom. The highest BCUT2D eigenvalue weighted by molar-refractivity contribution is 5.98. The Bertz CT molecular complexity index is 1120. The smallest absolute Gasteiger partial charge is 0.312 e. The van der Waals surface area contributed by atoms with Crippen LogP contribution in [-0.2, 0) is 23.9 Å². The maximum atomic E-state index is 14.7. The summed E-state index contributed by atoms with van der Waals surface area (Å²) in [5, 5.41) is 10.7. The van der Waals surface area contributed by atoms with Gasteiger partial charge in [0.15, 0.2) is 0 Å². The van der Waals surface area contributed by atoms with Crippen LogP contribution in [0.3, 0.4) is 0 Å². The Kier molecular flexibility index (Phi) is 9.29. The third-order valence-corrected chi connectivity index (χ3v) is 9.61. The summed E-state index contributed by atoms with van der Waals surface area (Å²) in [6.07, 6.45) is 11.7. The molecule has 5 rings (SSSR count). The van der Waals surface area contributed by atoms with E-state index in [-0.39, 0.29) is 31.1 Å². The van der Waals surface area contributed by atoms with Gasteiger partial charge in [-0.2, -0.15) is 0 Å². The summed E-state index contributed by atoms with van der Waals surface area (Å²) in [7, 11) is 0. The molecule has 2 amide bonds. The Morgan fingerprint density at radius 2 is 1.88 bits per heavy atom. The molecule has 4 fully saturated rings. The number of carbonyl (C=O) groups is 3. The molecule has 4 aliphatic rings. The predicted octanol–water partition coefficient (Wildman–Crippen LogP) is 4.34. The van der Waals surface area contributed by atoms with Gasteiger partial charge in [-0.1, -0.05) is 61.7 Å². The number of rotatable bonds is 13. The lowest BCUT2D eigenvalue weighted by molar-refractivity contribution is -0.157. The van der Waals surface area contributed by atoms with Gasteiger partial charge in [-0.25, -0.2) is 0 Å². The molecule has 222 valence electrons. The number of allylic oxidation sites excluding steroid dienone is 1. The number of ether oxygens (including phenoxy) is 2. The van der Waals surface area contributed by atoms with Crippen LogP contribution in [0.2, 0.25) is 0 Å². The number of benzene rings is 1. The molecular formula is C33H44N2O6. The zero-order chi connectivity index (χ0) is 29.0. The van der Waals surface area contributed by atoms with E-state index in [0.29, 0.717) is 25.8 Å². The number of aliphatic hydroxyl groups excluding tert-OH is 1. The molecule has 3 heterocycles. The van der Waals surface area contributed by atoms with Crippen LogP contribution >= 0.6 is 0 Å². The SMILES string of the molecule is C=CCCCCOC(=O)[C@@H]1[C@H]2C(=O)N([C@H](CO)c3ccccc3)C(C(=O)N(CC=C)C3CCCCC3)C23CC[C@H]1O3. The van der Waals surface area contributed by atoms with Crippen molar-refractivity contribution in [2.45, 2.75) is 94.0 Å². The largest absolute Gasteiger partial charge is 0.465 e. The molecule has 0 radical (unpaired) electrons. The number of unbranched alkanes of at least 4 members (excludes halogenated alkanes) is 2. The normalized spacial score (nSPS) is 29.7. The lowest BCUT2D eigenvalue weighted by Gasteiger charge is -2.42. The van der Waals surface area contributed by atoms with Crippen molar-refractivity contribution in [3.8, 4) is 0 Å². The fourth-order valence-electron chi connectivity index (χ4n) is 7.77. The summed E-state index contributed by atoms with van der Waals surface area (Å²) >= 11 is 0. The second-order valence-electron chi connectivity index (χ2n) is 11.9. The second-order valence-corrected chi connectivity index (χ2v) is 11.9. The molecule has 1 N–H and O–H groups in total. The van der Waals surface area contributed by atoms with Crippen molar-refractivity contribution in [1.82, 2.24) is 9.80 Å².